The van der Waals surface area contributed by atoms with Crippen molar-refractivity contribution >= 4 is 17.4 Å². The molecule has 104 valence electrons. The Labute approximate surface area is 123 Å². The van der Waals surface area contributed by atoms with Crippen LogP contribution in [0.1, 0.15) is 30.5 Å². The van der Waals surface area contributed by atoms with Crippen LogP contribution in [-0.2, 0) is 12.8 Å². The summed E-state index contributed by atoms with van der Waals surface area (Å²) in [5, 5.41) is 0.709. The molecule has 0 spiro atoms. The number of nitrogens with zero attached hydrogens (tertiary/aromatic N) is 2. The van der Waals surface area contributed by atoms with Gasteiger partial charge >= 0.3 is 0 Å². The van der Waals surface area contributed by atoms with E-state index in [0.29, 0.717) is 10.8 Å². The third-order valence-electron chi connectivity index (χ3n) is 3.67. The van der Waals surface area contributed by atoms with Crippen molar-refractivity contribution < 1.29 is 0 Å². The summed E-state index contributed by atoms with van der Waals surface area (Å²) in [5.41, 5.74) is 5.97. The lowest BCUT2D eigenvalue weighted by Crippen LogP contribution is -2.14. The maximum atomic E-state index is 5.92. The molecule has 4 nitrogen and oxygen atoms in total. The lowest BCUT2D eigenvalue weighted by Gasteiger charge is -2.12. The zero-order valence-corrected chi connectivity index (χ0v) is 12.0. The Morgan fingerprint density at radius 1 is 1.00 bits per heavy atom. The molecular formula is C15H17ClN4. The molecule has 2 aromatic rings. The monoisotopic (exact) mass is 288 g/mol. The maximum Gasteiger partial charge on any atom is 0.161 e. The smallest absolute Gasteiger partial charge is 0.161 e. The van der Waals surface area contributed by atoms with Crippen molar-refractivity contribution in [2.75, 3.05) is 5.43 Å². The fourth-order valence-corrected chi connectivity index (χ4v) is 2.74. The van der Waals surface area contributed by atoms with Crippen LogP contribution >= 0.6 is 11.6 Å². The van der Waals surface area contributed by atoms with Crippen molar-refractivity contribution in [2.45, 2.75) is 32.1 Å². The quantitative estimate of drug-likeness (QED) is 0.505. The molecule has 3 N–H and O–H groups in total. The predicted molar refractivity (Wildman–Crippen MR) is 81.5 cm³/mol. The molecule has 0 saturated carbocycles. The fraction of sp³-hybridized carbons (Fsp3) is 0.333. The van der Waals surface area contributed by atoms with E-state index in [2.05, 4.69) is 10.4 Å². The van der Waals surface area contributed by atoms with Crippen LogP contribution in [0.3, 0.4) is 0 Å². The lowest BCUT2D eigenvalue weighted by molar-refractivity contribution is 0.709. The molecule has 0 fully saturated rings. The van der Waals surface area contributed by atoms with Crippen molar-refractivity contribution in [1.82, 2.24) is 9.97 Å². The van der Waals surface area contributed by atoms with Crippen molar-refractivity contribution in [2.24, 2.45) is 5.84 Å². The van der Waals surface area contributed by atoms with Gasteiger partial charge in [0.15, 0.2) is 5.82 Å². The van der Waals surface area contributed by atoms with E-state index in [1.807, 2.05) is 24.3 Å². The number of nitrogens with two attached hydrogens (primary N) is 1. The molecule has 1 aliphatic carbocycles. The number of fused-ring (bicyclic) bond motifs is 1. The van der Waals surface area contributed by atoms with Gasteiger partial charge in [-0.2, -0.15) is 0 Å². The van der Waals surface area contributed by atoms with Gasteiger partial charge in [0.2, 0.25) is 0 Å². The Bertz CT molecular complexity index is 610. The number of hydrogen-bond donors (Lipinski definition) is 2. The Morgan fingerprint density at radius 3 is 2.50 bits per heavy atom. The second-order valence-electron chi connectivity index (χ2n) is 5.03. The summed E-state index contributed by atoms with van der Waals surface area (Å²) >= 11 is 5.92. The zero-order chi connectivity index (χ0) is 13.9. The number of hydrogen-bond acceptors (Lipinski definition) is 4. The van der Waals surface area contributed by atoms with Crippen LogP contribution in [0.2, 0.25) is 5.02 Å². The van der Waals surface area contributed by atoms with Crippen LogP contribution in [0.25, 0.3) is 11.4 Å². The summed E-state index contributed by atoms with van der Waals surface area (Å²) in [4.78, 5) is 9.29. The number of anilines is 1. The molecule has 0 atom stereocenters. The highest BCUT2D eigenvalue weighted by atomic mass is 35.5. The van der Waals surface area contributed by atoms with Crippen LogP contribution in [0.15, 0.2) is 24.3 Å². The highest BCUT2D eigenvalue weighted by Crippen LogP contribution is 2.27. The molecule has 5 heteroatoms. The summed E-state index contributed by atoms with van der Waals surface area (Å²) in [6, 6.07) is 7.56. The van der Waals surface area contributed by atoms with E-state index in [0.717, 1.165) is 29.9 Å². The second-order valence-corrected chi connectivity index (χ2v) is 5.47. The Kier molecular flexibility index (Phi) is 3.85. The van der Waals surface area contributed by atoms with Crippen LogP contribution < -0.4 is 11.3 Å². The number of rotatable bonds is 2. The van der Waals surface area contributed by atoms with Crippen LogP contribution in [0.5, 0.6) is 0 Å². The summed E-state index contributed by atoms with van der Waals surface area (Å²) < 4.78 is 0. The zero-order valence-electron chi connectivity index (χ0n) is 11.2. The molecule has 1 aromatic carbocycles. The number of hydrazine groups is 1. The molecule has 20 heavy (non-hydrogen) atoms. The molecule has 0 amide bonds. The minimum absolute atomic E-state index is 0.704. The van der Waals surface area contributed by atoms with Gasteiger partial charge < -0.3 is 5.43 Å². The van der Waals surface area contributed by atoms with E-state index < -0.39 is 0 Å². The minimum atomic E-state index is 0.704. The van der Waals surface area contributed by atoms with Gasteiger partial charge in [-0.1, -0.05) is 18.0 Å². The van der Waals surface area contributed by atoms with E-state index in [4.69, 9.17) is 22.4 Å². The van der Waals surface area contributed by atoms with Gasteiger partial charge in [-0.25, -0.2) is 15.8 Å². The number of nitrogen functional groups attached to an aromatic ring is 1. The average Bonchev–Trinajstić information content (AvgIpc) is 2.72. The standard InChI is InChI=1S/C15H17ClN4/c16-11-8-6-10(7-9-11)14-18-13-5-3-1-2-4-12(13)15(19-14)20-17/h6-9H,1-5,17H2,(H,18,19,20). The number of nitrogens with one attached hydrogen (secondary N) is 1. The first-order chi connectivity index (χ1) is 9.78. The molecule has 3 rings (SSSR count). The van der Waals surface area contributed by atoms with E-state index >= 15 is 0 Å². The van der Waals surface area contributed by atoms with Gasteiger partial charge in [-0.3, -0.25) is 0 Å². The third-order valence-corrected chi connectivity index (χ3v) is 3.92. The summed E-state index contributed by atoms with van der Waals surface area (Å²) in [6.07, 6.45) is 5.57. The fourth-order valence-electron chi connectivity index (χ4n) is 2.62. The number of halogens is 1. The molecule has 0 saturated heterocycles. The number of aromatic nitrogens is 2. The number of aryl methyl sites for hydroxylation is 1. The van der Waals surface area contributed by atoms with Gasteiger partial charge in [0, 0.05) is 21.8 Å². The van der Waals surface area contributed by atoms with Gasteiger partial charge in [-0.15, -0.1) is 0 Å². The van der Waals surface area contributed by atoms with E-state index in [1.54, 1.807) is 0 Å². The van der Waals surface area contributed by atoms with E-state index in [9.17, 15) is 0 Å². The first kappa shape index (κ1) is 13.3. The first-order valence-corrected chi connectivity index (χ1v) is 7.28. The Balaban J connectivity index is 2.08. The largest absolute Gasteiger partial charge is 0.308 e. The number of benzene rings is 1. The Hall–Kier alpha value is -1.65. The highest BCUT2D eigenvalue weighted by Gasteiger charge is 2.16. The average molecular weight is 289 g/mol. The van der Waals surface area contributed by atoms with Crippen LogP contribution in [0.4, 0.5) is 5.82 Å². The summed E-state index contributed by atoms with van der Waals surface area (Å²) in [5.74, 6) is 7.09. The van der Waals surface area contributed by atoms with Gasteiger partial charge in [0.05, 0.1) is 0 Å². The molecule has 1 aliphatic rings. The van der Waals surface area contributed by atoms with Crippen molar-refractivity contribution in [1.29, 1.82) is 0 Å². The van der Waals surface area contributed by atoms with Crippen LogP contribution in [-0.4, -0.2) is 9.97 Å². The molecule has 0 radical (unpaired) electrons. The minimum Gasteiger partial charge on any atom is -0.308 e. The van der Waals surface area contributed by atoms with Gasteiger partial charge in [-0.05, 0) is 49.9 Å². The predicted octanol–water partition coefficient (Wildman–Crippen LogP) is 3.35. The van der Waals surface area contributed by atoms with Crippen LogP contribution in [0, 0.1) is 0 Å². The topological polar surface area (TPSA) is 63.8 Å². The highest BCUT2D eigenvalue weighted by molar-refractivity contribution is 6.30. The van der Waals surface area contributed by atoms with E-state index in [1.165, 1.54) is 24.8 Å². The molecule has 0 unspecified atom stereocenters. The summed E-state index contributed by atoms with van der Waals surface area (Å²) in [6.45, 7) is 0. The molecule has 0 aliphatic heterocycles. The molecular weight excluding hydrogens is 272 g/mol. The molecule has 1 heterocycles. The van der Waals surface area contributed by atoms with E-state index in [-0.39, 0.29) is 0 Å². The third kappa shape index (κ3) is 2.62. The molecule has 0 bridgehead atoms. The molecule has 1 aromatic heterocycles. The SMILES string of the molecule is NNc1nc(-c2ccc(Cl)cc2)nc2c1CCCCC2. The van der Waals surface area contributed by atoms with Crippen molar-refractivity contribution in [3.05, 3.63) is 40.5 Å². The first-order valence-electron chi connectivity index (χ1n) is 6.90. The Morgan fingerprint density at radius 2 is 1.75 bits per heavy atom. The van der Waals surface area contributed by atoms with Gasteiger partial charge in [0.25, 0.3) is 0 Å². The normalized spacial score (nSPS) is 14.5. The van der Waals surface area contributed by atoms with Crippen molar-refractivity contribution in [3.63, 3.8) is 0 Å². The summed E-state index contributed by atoms with van der Waals surface area (Å²) in [7, 11) is 0. The lowest BCUT2D eigenvalue weighted by atomic mass is 10.1. The van der Waals surface area contributed by atoms with Crippen molar-refractivity contribution in [3.8, 4) is 11.4 Å². The van der Waals surface area contributed by atoms with Gasteiger partial charge in [0.1, 0.15) is 5.82 Å². The maximum absolute atomic E-state index is 5.92. The second kappa shape index (κ2) is 5.77.